The number of Topliss-reactive ketones (excluding diaryl/α,β-unsaturated/α-hetero) is 1. The van der Waals surface area contributed by atoms with E-state index in [0.717, 1.165) is 24.8 Å². The maximum absolute atomic E-state index is 13.5. The van der Waals surface area contributed by atoms with Crippen molar-refractivity contribution in [2.24, 2.45) is 40.4 Å². The molecule has 194 valence electrons. The van der Waals surface area contributed by atoms with Gasteiger partial charge in [0.15, 0.2) is 5.60 Å². The van der Waals surface area contributed by atoms with Crippen molar-refractivity contribution in [2.45, 2.75) is 89.4 Å². The van der Waals surface area contributed by atoms with Crippen molar-refractivity contribution < 1.29 is 29.0 Å². The predicted molar refractivity (Wildman–Crippen MR) is 132 cm³/mol. The molecular formula is C30H38O6. The molecule has 6 fully saturated rings. The fourth-order valence-electron chi connectivity index (χ4n) is 9.45. The Morgan fingerprint density at radius 1 is 0.889 bits per heavy atom. The lowest BCUT2D eigenvalue weighted by Crippen LogP contribution is -2.60. The zero-order chi connectivity index (χ0) is 25.8. The minimum Gasteiger partial charge on any atom is -0.459 e. The molecule has 6 heteroatoms. The summed E-state index contributed by atoms with van der Waals surface area (Å²) < 4.78 is 11.9. The number of ketones is 1. The van der Waals surface area contributed by atoms with Gasteiger partial charge in [0.05, 0.1) is 0 Å². The van der Waals surface area contributed by atoms with E-state index in [1.165, 1.54) is 5.57 Å². The molecule has 10 atom stereocenters. The predicted octanol–water partition coefficient (Wildman–Crippen LogP) is 4.46. The number of aliphatic hydroxyl groups is 1. The average molecular weight is 495 g/mol. The molecule has 2 heterocycles. The van der Waals surface area contributed by atoms with E-state index in [0.29, 0.717) is 37.7 Å². The van der Waals surface area contributed by atoms with Gasteiger partial charge in [-0.25, -0.2) is 9.59 Å². The maximum atomic E-state index is 13.5. The lowest BCUT2D eigenvalue weighted by atomic mass is 9.46. The summed E-state index contributed by atoms with van der Waals surface area (Å²) in [7, 11) is 0. The number of carbonyl (C=O) groups is 3. The molecule has 0 radical (unpaired) electrons. The molecule has 6 rings (SSSR count). The van der Waals surface area contributed by atoms with Gasteiger partial charge in [-0.2, -0.15) is 0 Å². The summed E-state index contributed by atoms with van der Waals surface area (Å²) in [4.78, 5) is 39.3. The van der Waals surface area contributed by atoms with E-state index in [2.05, 4.69) is 26.7 Å². The van der Waals surface area contributed by atoms with Crippen LogP contribution in [0.1, 0.15) is 71.6 Å². The molecule has 6 aliphatic rings. The van der Waals surface area contributed by atoms with Crippen LogP contribution in [-0.2, 0) is 23.9 Å². The molecule has 0 bridgehead atoms. The van der Waals surface area contributed by atoms with Crippen LogP contribution in [0.4, 0.5) is 0 Å². The smallest absolute Gasteiger partial charge is 0.338 e. The molecule has 4 aliphatic carbocycles. The van der Waals surface area contributed by atoms with Gasteiger partial charge < -0.3 is 14.6 Å². The van der Waals surface area contributed by atoms with Gasteiger partial charge in [0.1, 0.15) is 18.0 Å². The number of fused-ring (bicyclic) bond motifs is 6. The minimum absolute atomic E-state index is 0.00662. The highest BCUT2D eigenvalue weighted by Gasteiger charge is 2.68. The molecule has 0 aromatic heterocycles. The Morgan fingerprint density at radius 3 is 2.36 bits per heavy atom. The van der Waals surface area contributed by atoms with Crippen molar-refractivity contribution in [3.05, 3.63) is 36.5 Å². The van der Waals surface area contributed by atoms with E-state index < -0.39 is 34.6 Å². The summed E-state index contributed by atoms with van der Waals surface area (Å²) in [6.45, 7) is 16.7. The van der Waals surface area contributed by atoms with E-state index in [-0.39, 0.29) is 47.8 Å². The Morgan fingerprint density at radius 2 is 1.61 bits per heavy atom. The molecule has 0 spiro atoms. The second-order valence-corrected chi connectivity index (χ2v) is 13.1. The van der Waals surface area contributed by atoms with Crippen LogP contribution in [0.5, 0.6) is 0 Å². The number of rotatable bonds is 2. The third-order valence-electron chi connectivity index (χ3n) is 11.3. The van der Waals surface area contributed by atoms with Crippen molar-refractivity contribution >= 4 is 17.7 Å². The largest absolute Gasteiger partial charge is 0.459 e. The van der Waals surface area contributed by atoms with Crippen molar-refractivity contribution in [1.82, 2.24) is 0 Å². The summed E-state index contributed by atoms with van der Waals surface area (Å²) in [6, 6.07) is 0. The highest BCUT2D eigenvalue weighted by atomic mass is 16.6. The van der Waals surface area contributed by atoms with Gasteiger partial charge in [-0.3, -0.25) is 4.79 Å². The molecule has 1 N–H and O–H groups in total. The van der Waals surface area contributed by atoms with E-state index in [1.54, 1.807) is 0 Å². The van der Waals surface area contributed by atoms with Gasteiger partial charge in [-0.05, 0) is 62.7 Å². The van der Waals surface area contributed by atoms with E-state index in [1.807, 2.05) is 6.92 Å². The van der Waals surface area contributed by atoms with Gasteiger partial charge in [0.25, 0.3) is 0 Å². The van der Waals surface area contributed by atoms with Crippen molar-refractivity contribution in [3.63, 3.8) is 0 Å². The van der Waals surface area contributed by atoms with Crippen molar-refractivity contribution in [2.75, 3.05) is 0 Å². The molecular weight excluding hydrogens is 456 g/mol. The molecule has 36 heavy (non-hydrogen) atoms. The Hall–Kier alpha value is -2.21. The quantitative estimate of drug-likeness (QED) is 0.346. The summed E-state index contributed by atoms with van der Waals surface area (Å²) in [6.07, 6.45) is 4.88. The Bertz CT molecular complexity index is 1100. The molecule has 0 amide bonds. The topological polar surface area (TPSA) is 89.9 Å². The van der Waals surface area contributed by atoms with Gasteiger partial charge in [-0.15, -0.1) is 0 Å². The maximum Gasteiger partial charge on any atom is 0.338 e. The fraction of sp³-hybridized carbons (Fsp3) is 0.700. The lowest BCUT2D eigenvalue weighted by molar-refractivity contribution is -0.183. The van der Waals surface area contributed by atoms with Crippen molar-refractivity contribution in [3.8, 4) is 0 Å². The van der Waals surface area contributed by atoms with Gasteiger partial charge in [-0.1, -0.05) is 44.7 Å². The van der Waals surface area contributed by atoms with Crippen LogP contribution in [0.25, 0.3) is 0 Å². The number of hydrogen-bond donors (Lipinski definition) is 1. The monoisotopic (exact) mass is 494 g/mol. The third-order valence-corrected chi connectivity index (χ3v) is 11.3. The molecule has 4 saturated carbocycles. The molecule has 0 aromatic carbocycles. The molecule has 6 nitrogen and oxygen atoms in total. The number of hydrogen-bond acceptors (Lipinski definition) is 6. The van der Waals surface area contributed by atoms with Crippen LogP contribution in [0, 0.1) is 40.4 Å². The second-order valence-electron chi connectivity index (χ2n) is 13.1. The van der Waals surface area contributed by atoms with Crippen molar-refractivity contribution in [1.29, 1.82) is 0 Å². The first-order valence-corrected chi connectivity index (χ1v) is 13.6. The molecule has 2 aliphatic heterocycles. The standard InChI is InChI=1S/C30H38O6/c1-15-7-9-20-24(22-16(2)6-8-18(15)22)36-27(33)30(20,34)14-28(4)12-11-21(31)29(5)13-10-19-17(3)26(32)35-23(19)25(28)29/h18-20,22-25,34H,1-3,6-14H2,4-5H3/t18-,19-,20+,22-,23-,24-,25-,28-,29-,30+/m1/s1. The van der Waals surface area contributed by atoms with E-state index in [4.69, 9.17) is 9.47 Å². The molecule has 2 saturated heterocycles. The number of esters is 2. The lowest BCUT2D eigenvalue weighted by Gasteiger charge is -2.57. The summed E-state index contributed by atoms with van der Waals surface area (Å²) in [5.74, 6) is -1.27. The van der Waals surface area contributed by atoms with Crippen LogP contribution in [0.2, 0.25) is 0 Å². The Labute approximate surface area is 213 Å². The summed E-state index contributed by atoms with van der Waals surface area (Å²) in [5, 5.41) is 12.2. The highest BCUT2D eigenvalue weighted by Crippen LogP contribution is 2.64. The van der Waals surface area contributed by atoms with E-state index >= 15 is 0 Å². The number of carbonyl (C=O) groups excluding carboxylic acids is 3. The first kappa shape index (κ1) is 24.1. The molecule has 0 aromatic rings. The van der Waals surface area contributed by atoms with Gasteiger partial charge in [0.2, 0.25) is 0 Å². The zero-order valence-corrected chi connectivity index (χ0v) is 21.5. The number of allylic oxidation sites excluding steroid dienone is 1. The summed E-state index contributed by atoms with van der Waals surface area (Å²) >= 11 is 0. The third kappa shape index (κ3) is 3.03. The van der Waals surface area contributed by atoms with Crippen LogP contribution in [0.15, 0.2) is 36.5 Å². The highest BCUT2D eigenvalue weighted by molar-refractivity contribution is 5.92. The van der Waals surface area contributed by atoms with Gasteiger partial charge in [0, 0.05) is 41.1 Å². The first-order valence-electron chi connectivity index (χ1n) is 13.6. The molecule has 0 unspecified atom stereocenters. The average Bonchev–Trinajstić information content (AvgIpc) is 3.37. The SMILES string of the molecule is C=C1CC[C@@H]2C(=C)CC[C@H]3[C@@H](OC(=O)[C@]3(O)C[C@@]3(C)CCC(=O)[C@@]4(C)CC[C@@H]5C(=C)C(=O)O[C@H]5[C@H]34)[C@H]12. The van der Waals surface area contributed by atoms with Crippen LogP contribution in [0.3, 0.4) is 0 Å². The Kier molecular flexibility index (Phi) is 5.13. The first-order chi connectivity index (χ1) is 16.9. The normalized spacial score (nSPS) is 50.1. The number of ether oxygens (including phenoxy) is 2. The summed E-state index contributed by atoms with van der Waals surface area (Å²) in [5.41, 5.74) is -0.182. The van der Waals surface area contributed by atoms with Gasteiger partial charge >= 0.3 is 11.9 Å². The fourth-order valence-corrected chi connectivity index (χ4v) is 9.45. The van der Waals surface area contributed by atoms with Crippen LogP contribution >= 0.6 is 0 Å². The van der Waals surface area contributed by atoms with Crippen LogP contribution < -0.4 is 0 Å². The minimum atomic E-state index is -1.66. The van der Waals surface area contributed by atoms with E-state index in [9.17, 15) is 19.5 Å². The Balaban J connectivity index is 1.38. The zero-order valence-electron chi connectivity index (χ0n) is 21.5. The van der Waals surface area contributed by atoms with Crippen LogP contribution in [-0.4, -0.2) is 40.6 Å². The second kappa shape index (κ2) is 7.66.